The molecule has 0 aliphatic rings. The minimum Gasteiger partial charge on any atom is -0.504 e. The Morgan fingerprint density at radius 2 is 1.91 bits per heavy atom. The van der Waals surface area contributed by atoms with Crippen LogP contribution in [0.2, 0.25) is 0 Å². The molecule has 2 aromatic rings. The van der Waals surface area contributed by atoms with Crippen LogP contribution in [0.5, 0.6) is 17.2 Å². The summed E-state index contributed by atoms with van der Waals surface area (Å²) < 4.78 is 10.1. The van der Waals surface area contributed by atoms with Crippen LogP contribution in [0.4, 0.5) is 0 Å². The maximum atomic E-state index is 11.8. The largest absolute Gasteiger partial charge is 0.504 e. The van der Waals surface area contributed by atoms with Crippen LogP contribution in [0.15, 0.2) is 47.6 Å². The Morgan fingerprint density at radius 3 is 2.57 bits per heavy atom. The van der Waals surface area contributed by atoms with Gasteiger partial charge in [0.25, 0.3) is 0 Å². The summed E-state index contributed by atoms with van der Waals surface area (Å²) in [6.45, 7) is 0. The Kier molecular flexibility index (Phi) is 5.57. The fourth-order valence-corrected chi connectivity index (χ4v) is 1.95. The first kappa shape index (κ1) is 16.4. The predicted molar refractivity (Wildman–Crippen MR) is 87.1 cm³/mol. The van der Waals surface area contributed by atoms with Crippen LogP contribution in [0.1, 0.15) is 11.1 Å². The molecule has 2 N–H and O–H groups in total. The number of phenolic OH excluding ortho intramolecular Hbond substituents is 1. The van der Waals surface area contributed by atoms with Gasteiger partial charge < -0.3 is 14.6 Å². The number of ether oxygens (including phenoxy) is 2. The molecule has 6 nitrogen and oxygen atoms in total. The van der Waals surface area contributed by atoms with Gasteiger partial charge in [-0.1, -0.05) is 18.2 Å². The van der Waals surface area contributed by atoms with Crippen molar-refractivity contribution in [3.8, 4) is 17.2 Å². The number of para-hydroxylation sites is 1. The van der Waals surface area contributed by atoms with Gasteiger partial charge in [0.15, 0.2) is 11.5 Å². The molecule has 0 aromatic heterocycles. The summed E-state index contributed by atoms with van der Waals surface area (Å²) in [5.41, 5.74) is 3.72. The number of benzene rings is 2. The van der Waals surface area contributed by atoms with Crippen LogP contribution in [0, 0.1) is 0 Å². The van der Waals surface area contributed by atoms with Gasteiger partial charge in [-0.2, -0.15) is 5.10 Å². The number of hydrogen-bond acceptors (Lipinski definition) is 5. The topological polar surface area (TPSA) is 80.2 Å². The number of rotatable bonds is 6. The minimum absolute atomic E-state index is 0.0249. The molecule has 120 valence electrons. The summed E-state index contributed by atoms with van der Waals surface area (Å²) in [5.74, 6) is 0.802. The summed E-state index contributed by atoms with van der Waals surface area (Å²) >= 11 is 0. The highest BCUT2D eigenvalue weighted by atomic mass is 16.5. The molecule has 0 saturated carbocycles. The molecule has 1 amide bonds. The first-order valence-corrected chi connectivity index (χ1v) is 6.95. The summed E-state index contributed by atoms with van der Waals surface area (Å²) in [6.07, 6.45) is 1.56. The summed E-state index contributed by atoms with van der Waals surface area (Å²) in [6, 6.07) is 12.2. The van der Waals surface area contributed by atoms with Crippen LogP contribution < -0.4 is 14.9 Å². The van der Waals surface area contributed by atoms with Gasteiger partial charge in [-0.05, 0) is 29.8 Å². The molecule has 0 aliphatic heterocycles. The second kappa shape index (κ2) is 7.84. The van der Waals surface area contributed by atoms with Crippen LogP contribution in [0.25, 0.3) is 0 Å². The molecule has 2 aromatic carbocycles. The second-order valence-corrected chi connectivity index (χ2v) is 4.72. The van der Waals surface area contributed by atoms with Crippen LogP contribution >= 0.6 is 0 Å². The van der Waals surface area contributed by atoms with E-state index in [-0.39, 0.29) is 18.1 Å². The highest BCUT2D eigenvalue weighted by Gasteiger charge is 2.05. The maximum Gasteiger partial charge on any atom is 0.244 e. The highest BCUT2D eigenvalue weighted by Crippen LogP contribution is 2.27. The van der Waals surface area contributed by atoms with E-state index in [0.29, 0.717) is 11.3 Å². The van der Waals surface area contributed by atoms with E-state index >= 15 is 0 Å². The van der Waals surface area contributed by atoms with E-state index in [1.54, 1.807) is 37.4 Å². The number of nitrogens with one attached hydrogen (secondary N) is 1. The van der Waals surface area contributed by atoms with Crippen molar-refractivity contribution in [2.24, 2.45) is 5.10 Å². The molecule has 23 heavy (non-hydrogen) atoms. The normalized spacial score (nSPS) is 10.5. The minimum atomic E-state index is -0.256. The van der Waals surface area contributed by atoms with E-state index in [1.807, 2.05) is 12.1 Å². The third-order valence-corrected chi connectivity index (χ3v) is 3.17. The van der Waals surface area contributed by atoms with Gasteiger partial charge in [-0.25, -0.2) is 5.43 Å². The van der Waals surface area contributed by atoms with Crippen molar-refractivity contribution in [1.82, 2.24) is 5.43 Å². The van der Waals surface area contributed by atoms with Crippen molar-refractivity contribution in [1.29, 1.82) is 0 Å². The Morgan fingerprint density at radius 1 is 1.17 bits per heavy atom. The van der Waals surface area contributed by atoms with Gasteiger partial charge in [-0.3, -0.25) is 4.79 Å². The first-order chi connectivity index (χ1) is 11.1. The number of nitrogens with zero attached hydrogens (tertiary/aromatic N) is 1. The fourth-order valence-electron chi connectivity index (χ4n) is 1.95. The molecule has 0 radical (unpaired) electrons. The smallest absolute Gasteiger partial charge is 0.244 e. The van der Waals surface area contributed by atoms with Gasteiger partial charge in [0.1, 0.15) is 5.75 Å². The van der Waals surface area contributed by atoms with Gasteiger partial charge >= 0.3 is 0 Å². The van der Waals surface area contributed by atoms with E-state index in [9.17, 15) is 9.90 Å². The number of methoxy groups -OCH3 is 2. The monoisotopic (exact) mass is 314 g/mol. The molecule has 0 atom stereocenters. The molecule has 0 heterocycles. The number of phenols is 1. The van der Waals surface area contributed by atoms with Gasteiger partial charge in [0.05, 0.1) is 26.9 Å². The quantitative estimate of drug-likeness (QED) is 0.632. The molecule has 0 unspecified atom stereocenters. The average molecular weight is 314 g/mol. The van der Waals surface area contributed by atoms with Crippen molar-refractivity contribution >= 4 is 12.1 Å². The molecular weight excluding hydrogens is 296 g/mol. The first-order valence-electron chi connectivity index (χ1n) is 6.95. The highest BCUT2D eigenvalue weighted by molar-refractivity contribution is 5.86. The zero-order chi connectivity index (χ0) is 16.7. The number of aromatic hydroxyl groups is 1. The Hall–Kier alpha value is -3.02. The lowest BCUT2D eigenvalue weighted by molar-refractivity contribution is -0.120. The summed E-state index contributed by atoms with van der Waals surface area (Å²) in [5, 5.41) is 13.7. The fraction of sp³-hybridized carbons (Fsp3) is 0.176. The van der Waals surface area contributed by atoms with E-state index in [2.05, 4.69) is 10.5 Å². The van der Waals surface area contributed by atoms with Crippen molar-refractivity contribution in [3.05, 3.63) is 53.6 Å². The van der Waals surface area contributed by atoms with E-state index in [4.69, 9.17) is 9.47 Å². The number of hydrogen-bond donors (Lipinski definition) is 2. The zero-order valence-electron chi connectivity index (χ0n) is 12.9. The lowest BCUT2D eigenvalue weighted by atomic mass is 10.1. The maximum absolute atomic E-state index is 11.8. The number of carbonyl (C=O) groups is 1. The Bertz CT molecular complexity index is 696. The summed E-state index contributed by atoms with van der Waals surface area (Å²) in [7, 11) is 3.05. The van der Waals surface area contributed by atoms with Crippen LogP contribution in [0.3, 0.4) is 0 Å². The lowest BCUT2D eigenvalue weighted by Gasteiger charge is -2.05. The van der Waals surface area contributed by atoms with E-state index in [0.717, 1.165) is 11.3 Å². The molecule has 0 spiro atoms. The van der Waals surface area contributed by atoms with Gasteiger partial charge in [-0.15, -0.1) is 0 Å². The number of hydrazone groups is 1. The standard InChI is InChI=1S/C17H18N2O4/c1-22-14-8-6-12(7-9-14)10-16(20)19-18-11-13-4-3-5-15(23-2)17(13)21/h3-9,11,21H,10H2,1-2H3,(H,19,20)/b18-11-. The van der Waals surface area contributed by atoms with Crippen molar-refractivity contribution in [2.45, 2.75) is 6.42 Å². The predicted octanol–water partition coefficient (Wildman–Crippen LogP) is 2.10. The molecular formula is C17H18N2O4. The van der Waals surface area contributed by atoms with Gasteiger partial charge in [0.2, 0.25) is 5.91 Å². The molecule has 0 aliphatic carbocycles. The third-order valence-electron chi connectivity index (χ3n) is 3.17. The Labute approximate surface area is 134 Å². The van der Waals surface area contributed by atoms with Crippen molar-refractivity contribution in [3.63, 3.8) is 0 Å². The van der Waals surface area contributed by atoms with Gasteiger partial charge in [0, 0.05) is 5.56 Å². The molecule has 0 bridgehead atoms. The van der Waals surface area contributed by atoms with E-state index < -0.39 is 0 Å². The molecule has 6 heteroatoms. The average Bonchev–Trinajstić information content (AvgIpc) is 2.57. The third kappa shape index (κ3) is 4.47. The number of amides is 1. The SMILES string of the molecule is COc1ccc(CC(=O)N/N=C\c2cccc(OC)c2O)cc1. The van der Waals surface area contributed by atoms with E-state index in [1.165, 1.54) is 13.3 Å². The van der Waals surface area contributed by atoms with Crippen molar-refractivity contribution in [2.75, 3.05) is 14.2 Å². The van der Waals surface area contributed by atoms with Crippen LogP contribution in [-0.2, 0) is 11.2 Å². The van der Waals surface area contributed by atoms with Crippen molar-refractivity contribution < 1.29 is 19.4 Å². The zero-order valence-corrected chi connectivity index (χ0v) is 12.9. The summed E-state index contributed by atoms with van der Waals surface area (Å²) in [4.78, 5) is 11.8. The molecule has 0 saturated heterocycles. The molecule has 0 fully saturated rings. The lowest BCUT2D eigenvalue weighted by Crippen LogP contribution is -2.19. The number of carbonyl (C=O) groups excluding carboxylic acids is 1. The molecule has 2 rings (SSSR count). The van der Waals surface area contributed by atoms with Crippen LogP contribution in [-0.4, -0.2) is 31.4 Å². The second-order valence-electron chi connectivity index (χ2n) is 4.72. The Balaban J connectivity index is 1.93.